The molecular weight excluding hydrogens is 188 g/mol. The van der Waals surface area contributed by atoms with Gasteiger partial charge in [0, 0.05) is 0 Å². The third kappa shape index (κ3) is 6.45. The summed E-state index contributed by atoms with van der Waals surface area (Å²) in [6, 6.07) is 0. The van der Waals surface area contributed by atoms with Gasteiger partial charge in [-0.25, -0.2) is 9.68 Å². The van der Waals surface area contributed by atoms with Crippen molar-refractivity contribution in [2.45, 2.75) is 32.8 Å². The molecule has 0 aliphatic rings. The normalized spacial score (nSPS) is 10.8. The Balaban J connectivity index is 3.53. The number of carbonyl (C=O) groups is 1. The van der Waals surface area contributed by atoms with E-state index in [0.717, 1.165) is 6.42 Å². The molecule has 0 aromatic carbocycles. The molecule has 0 radical (unpaired) electrons. The number of carbonyl (C=O) groups excluding carboxylic acids is 1. The standard InChI is InChI=1S/C9H16O5/c1-5-7-11-8(10)12-14-13-9(3,4)6-2/h5H,1,6-7H2,2-4H3. The average molecular weight is 204 g/mol. The second-order valence-corrected chi connectivity index (χ2v) is 3.20. The van der Waals surface area contributed by atoms with Crippen molar-refractivity contribution in [3.8, 4) is 0 Å². The first-order valence-electron chi connectivity index (χ1n) is 4.32. The highest BCUT2D eigenvalue weighted by molar-refractivity contribution is 5.58. The van der Waals surface area contributed by atoms with Crippen LogP contribution in [0.3, 0.4) is 0 Å². The minimum Gasteiger partial charge on any atom is -0.428 e. The predicted molar refractivity (Wildman–Crippen MR) is 49.2 cm³/mol. The fourth-order valence-corrected chi connectivity index (χ4v) is 0.347. The van der Waals surface area contributed by atoms with Crippen LogP contribution in [0.25, 0.3) is 0 Å². The van der Waals surface area contributed by atoms with Gasteiger partial charge in [-0.05, 0) is 25.3 Å². The van der Waals surface area contributed by atoms with E-state index in [1.807, 2.05) is 6.92 Å². The highest BCUT2D eigenvalue weighted by Gasteiger charge is 2.18. The van der Waals surface area contributed by atoms with Gasteiger partial charge in [-0.3, -0.25) is 0 Å². The zero-order valence-electron chi connectivity index (χ0n) is 8.74. The van der Waals surface area contributed by atoms with Crippen LogP contribution in [0.2, 0.25) is 0 Å². The molecule has 14 heavy (non-hydrogen) atoms. The van der Waals surface area contributed by atoms with Gasteiger partial charge in [0.15, 0.2) is 0 Å². The van der Waals surface area contributed by atoms with Gasteiger partial charge in [-0.2, -0.15) is 4.89 Å². The number of hydrogen-bond donors (Lipinski definition) is 0. The van der Waals surface area contributed by atoms with Crippen LogP contribution in [0.1, 0.15) is 27.2 Å². The van der Waals surface area contributed by atoms with Crippen LogP contribution in [-0.4, -0.2) is 18.4 Å². The van der Waals surface area contributed by atoms with Crippen LogP contribution in [0.15, 0.2) is 12.7 Å². The van der Waals surface area contributed by atoms with Crippen LogP contribution in [0.4, 0.5) is 4.79 Å². The summed E-state index contributed by atoms with van der Waals surface area (Å²) in [5, 5.41) is 4.24. The Bertz CT molecular complexity index is 188. The van der Waals surface area contributed by atoms with Gasteiger partial charge >= 0.3 is 6.16 Å². The summed E-state index contributed by atoms with van der Waals surface area (Å²) in [6.45, 7) is 8.94. The molecule has 0 aliphatic carbocycles. The van der Waals surface area contributed by atoms with Gasteiger partial charge in [0.25, 0.3) is 0 Å². The first kappa shape index (κ1) is 12.9. The smallest absolute Gasteiger partial charge is 0.428 e. The van der Waals surface area contributed by atoms with Crippen molar-refractivity contribution in [3.63, 3.8) is 0 Å². The Labute approximate surface area is 83.4 Å². The fraction of sp³-hybridized carbons (Fsp3) is 0.667. The molecule has 0 atom stereocenters. The lowest BCUT2D eigenvalue weighted by molar-refractivity contribution is -0.516. The molecule has 0 fully saturated rings. The molecule has 5 nitrogen and oxygen atoms in total. The molecular formula is C9H16O5. The Hall–Kier alpha value is -1.07. The van der Waals surface area contributed by atoms with Crippen molar-refractivity contribution in [2.24, 2.45) is 0 Å². The summed E-state index contributed by atoms with van der Waals surface area (Å²) in [4.78, 5) is 19.6. The molecule has 0 saturated heterocycles. The first-order chi connectivity index (χ1) is 6.52. The highest BCUT2D eigenvalue weighted by Crippen LogP contribution is 2.13. The third-order valence-corrected chi connectivity index (χ3v) is 1.53. The Morgan fingerprint density at radius 1 is 1.50 bits per heavy atom. The van der Waals surface area contributed by atoms with E-state index in [1.165, 1.54) is 6.08 Å². The largest absolute Gasteiger partial charge is 0.542 e. The molecule has 0 aliphatic heterocycles. The summed E-state index contributed by atoms with van der Waals surface area (Å²) >= 11 is 0. The van der Waals surface area contributed by atoms with E-state index < -0.39 is 11.8 Å². The topological polar surface area (TPSA) is 54.0 Å². The number of hydrogen-bond acceptors (Lipinski definition) is 5. The van der Waals surface area contributed by atoms with Gasteiger partial charge in [-0.1, -0.05) is 19.6 Å². The van der Waals surface area contributed by atoms with Crippen molar-refractivity contribution in [1.29, 1.82) is 0 Å². The van der Waals surface area contributed by atoms with Gasteiger partial charge in [0.1, 0.15) is 12.2 Å². The Morgan fingerprint density at radius 2 is 2.14 bits per heavy atom. The van der Waals surface area contributed by atoms with Crippen molar-refractivity contribution in [1.82, 2.24) is 0 Å². The summed E-state index contributed by atoms with van der Waals surface area (Å²) in [7, 11) is 0. The molecule has 0 N–H and O–H groups in total. The van der Waals surface area contributed by atoms with E-state index >= 15 is 0 Å². The zero-order chi connectivity index (χ0) is 11.0. The molecule has 0 rings (SSSR count). The van der Waals surface area contributed by atoms with E-state index in [0.29, 0.717) is 0 Å². The number of rotatable bonds is 6. The summed E-state index contributed by atoms with van der Waals surface area (Å²) in [5.74, 6) is 0. The maximum absolute atomic E-state index is 10.7. The third-order valence-electron chi connectivity index (χ3n) is 1.53. The van der Waals surface area contributed by atoms with Crippen LogP contribution < -0.4 is 0 Å². The first-order valence-corrected chi connectivity index (χ1v) is 4.32. The van der Waals surface area contributed by atoms with Crippen molar-refractivity contribution in [2.75, 3.05) is 6.61 Å². The summed E-state index contributed by atoms with van der Waals surface area (Å²) < 4.78 is 4.46. The molecule has 0 bridgehead atoms. The maximum Gasteiger partial charge on any atom is 0.542 e. The van der Waals surface area contributed by atoms with Crippen LogP contribution in [-0.2, 0) is 19.6 Å². The van der Waals surface area contributed by atoms with E-state index in [2.05, 4.69) is 21.2 Å². The monoisotopic (exact) mass is 204 g/mol. The molecule has 0 spiro atoms. The number of ether oxygens (including phenoxy) is 1. The lowest BCUT2D eigenvalue weighted by Crippen LogP contribution is -2.24. The second-order valence-electron chi connectivity index (χ2n) is 3.20. The molecule has 0 heterocycles. The van der Waals surface area contributed by atoms with E-state index in [9.17, 15) is 4.79 Å². The highest BCUT2D eigenvalue weighted by atomic mass is 17.5. The minimum absolute atomic E-state index is 0.0688. The summed E-state index contributed by atoms with van der Waals surface area (Å²) in [5.41, 5.74) is -0.501. The van der Waals surface area contributed by atoms with Gasteiger partial charge in [0.2, 0.25) is 0 Å². The molecule has 82 valence electrons. The average Bonchev–Trinajstić information content (AvgIpc) is 2.14. The fourth-order valence-electron chi connectivity index (χ4n) is 0.347. The van der Waals surface area contributed by atoms with E-state index in [-0.39, 0.29) is 6.61 Å². The quantitative estimate of drug-likeness (QED) is 0.288. The molecule has 5 heteroatoms. The minimum atomic E-state index is -0.961. The van der Waals surface area contributed by atoms with E-state index in [1.54, 1.807) is 13.8 Å². The van der Waals surface area contributed by atoms with Gasteiger partial charge in [-0.15, -0.1) is 0 Å². The molecule has 0 unspecified atom stereocenters. The predicted octanol–water partition coefficient (Wildman–Crippen LogP) is 2.38. The van der Waals surface area contributed by atoms with Gasteiger partial charge < -0.3 is 4.74 Å². The van der Waals surface area contributed by atoms with Crippen molar-refractivity contribution < 1.29 is 24.3 Å². The van der Waals surface area contributed by atoms with Crippen LogP contribution in [0.5, 0.6) is 0 Å². The van der Waals surface area contributed by atoms with Crippen molar-refractivity contribution >= 4 is 6.16 Å². The molecule has 0 saturated carbocycles. The summed E-state index contributed by atoms with van der Waals surface area (Å²) in [6.07, 6.45) is 1.17. The second kappa shape index (κ2) is 6.39. The van der Waals surface area contributed by atoms with E-state index in [4.69, 9.17) is 4.89 Å². The molecule has 0 amide bonds. The lowest BCUT2D eigenvalue weighted by Gasteiger charge is -2.19. The maximum atomic E-state index is 10.7. The lowest BCUT2D eigenvalue weighted by atomic mass is 10.1. The van der Waals surface area contributed by atoms with Gasteiger partial charge in [0.05, 0.1) is 0 Å². The van der Waals surface area contributed by atoms with Crippen LogP contribution in [0, 0.1) is 0 Å². The molecule has 0 aromatic rings. The Morgan fingerprint density at radius 3 is 2.64 bits per heavy atom. The van der Waals surface area contributed by atoms with Crippen LogP contribution >= 0.6 is 0 Å². The Kier molecular flexibility index (Phi) is 5.91. The van der Waals surface area contributed by atoms with Crippen molar-refractivity contribution in [3.05, 3.63) is 12.7 Å². The molecule has 0 aromatic heterocycles. The SMILES string of the molecule is C=CCOC(=O)OOOC(C)(C)CC. The zero-order valence-corrected chi connectivity index (χ0v) is 8.74.